The molecule has 1 heterocycles. The molecule has 23 heavy (non-hydrogen) atoms. The van der Waals surface area contributed by atoms with Crippen molar-refractivity contribution in [1.29, 1.82) is 0 Å². The molecule has 0 spiro atoms. The number of carbonyl (C=O) groups is 1. The Balaban J connectivity index is 2.08. The predicted octanol–water partition coefficient (Wildman–Crippen LogP) is 1.86. The van der Waals surface area contributed by atoms with E-state index in [0.29, 0.717) is 36.6 Å². The number of nitrogens with one attached hydrogen (secondary N) is 1. The number of rotatable bonds is 8. The highest BCUT2D eigenvalue weighted by Gasteiger charge is 2.15. The van der Waals surface area contributed by atoms with Crippen molar-refractivity contribution < 1.29 is 23.9 Å². The molecule has 2 aromatic rings. The average molecular weight is 320 g/mol. The topological polar surface area (TPSA) is 93.8 Å². The standard InChI is InChI=1S/C16H20N2O5/c1-21-13-6-5-11(9-15(13)22-2)14-10-12(18-23-14)16(20)17-7-3-4-8-19/h5-6,9-10,19H,3-4,7-8H2,1-2H3,(H,17,20). The number of benzene rings is 1. The summed E-state index contributed by atoms with van der Waals surface area (Å²) in [4.78, 5) is 11.9. The number of carbonyl (C=O) groups excluding carboxylic acids is 1. The van der Waals surface area contributed by atoms with Gasteiger partial charge in [0.25, 0.3) is 5.91 Å². The van der Waals surface area contributed by atoms with E-state index >= 15 is 0 Å². The third-order valence-corrected chi connectivity index (χ3v) is 3.28. The molecule has 0 fully saturated rings. The molecule has 0 saturated heterocycles. The molecule has 124 valence electrons. The van der Waals surface area contributed by atoms with Crippen LogP contribution in [0.1, 0.15) is 23.3 Å². The zero-order valence-corrected chi connectivity index (χ0v) is 13.2. The number of hydrogen-bond donors (Lipinski definition) is 2. The predicted molar refractivity (Wildman–Crippen MR) is 83.7 cm³/mol. The number of ether oxygens (including phenoxy) is 2. The molecule has 0 unspecified atom stereocenters. The second kappa shape index (κ2) is 8.19. The summed E-state index contributed by atoms with van der Waals surface area (Å²) < 4.78 is 15.6. The van der Waals surface area contributed by atoms with Gasteiger partial charge in [-0.2, -0.15) is 0 Å². The summed E-state index contributed by atoms with van der Waals surface area (Å²) in [5, 5.41) is 15.2. The molecule has 0 saturated carbocycles. The average Bonchev–Trinajstić information content (AvgIpc) is 3.08. The lowest BCUT2D eigenvalue weighted by molar-refractivity contribution is 0.0943. The fourth-order valence-electron chi connectivity index (χ4n) is 2.04. The van der Waals surface area contributed by atoms with Gasteiger partial charge in [0.05, 0.1) is 14.2 Å². The third kappa shape index (κ3) is 4.23. The monoisotopic (exact) mass is 320 g/mol. The lowest BCUT2D eigenvalue weighted by atomic mass is 10.1. The Hall–Kier alpha value is -2.54. The Kier molecular flexibility index (Phi) is 5.99. The van der Waals surface area contributed by atoms with Crippen LogP contribution in [0.5, 0.6) is 11.5 Å². The van der Waals surface area contributed by atoms with Crippen LogP contribution >= 0.6 is 0 Å². The van der Waals surface area contributed by atoms with Crippen LogP contribution in [0.2, 0.25) is 0 Å². The number of methoxy groups -OCH3 is 2. The molecule has 7 heteroatoms. The van der Waals surface area contributed by atoms with E-state index in [4.69, 9.17) is 19.1 Å². The Bertz CT molecular complexity index is 654. The number of aliphatic hydroxyl groups is 1. The summed E-state index contributed by atoms with van der Waals surface area (Å²) in [7, 11) is 3.11. The number of aliphatic hydroxyl groups excluding tert-OH is 1. The van der Waals surface area contributed by atoms with Crippen LogP contribution in [0.3, 0.4) is 0 Å². The molecular weight excluding hydrogens is 300 g/mol. The van der Waals surface area contributed by atoms with Gasteiger partial charge < -0.3 is 24.4 Å². The molecule has 0 radical (unpaired) electrons. The van der Waals surface area contributed by atoms with E-state index in [1.807, 2.05) is 0 Å². The molecule has 2 rings (SSSR count). The smallest absolute Gasteiger partial charge is 0.273 e. The van der Waals surface area contributed by atoms with Crippen molar-refractivity contribution in [2.24, 2.45) is 0 Å². The number of nitrogens with zero attached hydrogens (tertiary/aromatic N) is 1. The zero-order chi connectivity index (χ0) is 16.7. The molecular formula is C16H20N2O5. The molecule has 1 amide bonds. The zero-order valence-electron chi connectivity index (χ0n) is 13.2. The minimum Gasteiger partial charge on any atom is -0.493 e. The second-order valence-corrected chi connectivity index (χ2v) is 4.83. The van der Waals surface area contributed by atoms with Gasteiger partial charge in [-0.15, -0.1) is 0 Å². The van der Waals surface area contributed by atoms with Gasteiger partial charge in [-0.25, -0.2) is 0 Å². The van der Waals surface area contributed by atoms with Gasteiger partial charge in [0, 0.05) is 24.8 Å². The molecule has 7 nitrogen and oxygen atoms in total. The normalized spacial score (nSPS) is 10.4. The summed E-state index contributed by atoms with van der Waals surface area (Å²) in [6.07, 6.45) is 1.36. The maximum Gasteiger partial charge on any atom is 0.273 e. The van der Waals surface area contributed by atoms with Gasteiger partial charge in [-0.05, 0) is 31.0 Å². The number of unbranched alkanes of at least 4 members (excludes halogenated alkanes) is 1. The highest BCUT2D eigenvalue weighted by Crippen LogP contribution is 2.32. The lowest BCUT2D eigenvalue weighted by Gasteiger charge is -2.07. The molecule has 2 N–H and O–H groups in total. The highest BCUT2D eigenvalue weighted by atomic mass is 16.5. The van der Waals surface area contributed by atoms with Crippen LogP contribution in [0.15, 0.2) is 28.8 Å². The Labute approximate surface area is 134 Å². The summed E-state index contributed by atoms with van der Waals surface area (Å²) in [5.41, 5.74) is 0.938. The first-order valence-corrected chi connectivity index (χ1v) is 7.27. The second-order valence-electron chi connectivity index (χ2n) is 4.83. The van der Waals surface area contributed by atoms with Crippen molar-refractivity contribution in [2.45, 2.75) is 12.8 Å². The van der Waals surface area contributed by atoms with Gasteiger partial charge in [-0.3, -0.25) is 4.79 Å². The first-order valence-electron chi connectivity index (χ1n) is 7.27. The van der Waals surface area contributed by atoms with Crippen LogP contribution in [0.25, 0.3) is 11.3 Å². The number of aromatic nitrogens is 1. The minimum absolute atomic E-state index is 0.114. The van der Waals surface area contributed by atoms with Crippen molar-refractivity contribution in [3.8, 4) is 22.8 Å². The molecule has 0 bridgehead atoms. The summed E-state index contributed by atoms with van der Waals surface area (Å²) in [6, 6.07) is 6.88. The first kappa shape index (κ1) is 16.8. The van der Waals surface area contributed by atoms with Crippen LogP contribution < -0.4 is 14.8 Å². The van der Waals surface area contributed by atoms with Crippen LogP contribution in [0, 0.1) is 0 Å². The quantitative estimate of drug-likeness (QED) is 0.721. The van der Waals surface area contributed by atoms with Gasteiger partial charge in [0.1, 0.15) is 0 Å². The van der Waals surface area contributed by atoms with E-state index < -0.39 is 0 Å². The van der Waals surface area contributed by atoms with Crippen molar-refractivity contribution >= 4 is 5.91 Å². The lowest BCUT2D eigenvalue weighted by Crippen LogP contribution is -2.24. The molecule has 0 aliphatic carbocycles. The number of amides is 1. The molecule has 0 aliphatic rings. The maximum atomic E-state index is 11.9. The fraction of sp³-hybridized carbons (Fsp3) is 0.375. The molecule has 1 aromatic heterocycles. The van der Waals surface area contributed by atoms with Crippen molar-refractivity contribution in [3.05, 3.63) is 30.0 Å². The summed E-state index contributed by atoms with van der Waals surface area (Å²) in [5.74, 6) is 1.33. The van der Waals surface area contributed by atoms with E-state index in [9.17, 15) is 4.79 Å². The highest BCUT2D eigenvalue weighted by molar-refractivity contribution is 5.93. The van der Waals surface area contributed by atoms with Gasteiger partial charge in [-0.1, -0.05) is 5.16 Å². The Morgan fingerprint density at radius 1 is 1.22 bits per heavy atom. The summed E-state index contributed by atoms with van der Waals surface area (Å²) in [6.45, 7) is 0.598. The maximum absolute atomic E-state index is 11.9. The Morgan fingerprint density at radius 2 is 2.00 bits per heavy atom. The molecule has 0 atom stereocenters. The van der Waals surface area contributed by atoms with Crippen LogP contribution in [-0.2, 0) is 0 Å². The van der Waals surface area contributed by atoms with Gasteiger partial charge in [0.15, 0.2) is 23.0 Å². The minimum atomic E-state index is -0.307. The van der Waals surface area contributed by atoms with Crippen LogP contribution in [0.4, 0.5) is 0 Å². The van der Waals surface area contributed by atoms with Gasteiger partial charge >= 0.3 is 0 Å². The van der Waals surface area contributed by atoms with E-state index in [2.05, 4.69) is 10.5 Å². The van der Waals surface area contributed by atoms with Crippen LogP contribution in [-0.4, -0.2) is 43.5 Å². The SMILES string of the molecule is COc1ccc(-c2cc(C(=O)NCCCCO)no2)cc1OC. The van der Waals surface area contributed by atoms with Gasteiger partial charge in [0.2, 0.25) is 0 Å². The van der Waals surface area contributed by atoms with E-state index in [-0.39, 0.29) is 18.2 Å². The number of hydrogen-bond acceptors (Lipinski definition) is 6. The fourth-order valence-corrected chi connectivity index (χ4v) is 2.04. The van der Waals surface area contributed by atoms with E-state index in [1.165, 1.54) is 0 Å². The molecule has 0 aliphatic heterocycles. The van der Waals surface area contributed by atoms with E-state index in [1.54, 1.807) is 38.5 Å². The van der Waals surface area contributed by atoms with E-state index in [0.717, 1.165) is 5.56 Å². The summed E-state index contributed by atoms with van der Waals surface area (Å²) >= 11 is 0. The third-order valence-electron chi connectivity index (χ3n) is 3.28. The first-order chi connectivity index (χ1) is 11.2. The Morgan fingerprint density at radius 3 is 2.70 bits per heavy atom. The molecule has 1 aromatic carbocycles. The van der Waals surface area contributed by atoms with Crippen molar-refractivity contribution in [1.82, 2.24) is 10.5 Å². The largest absolute Gasteiger partial charge is 0.493 e. The van der Waals surface area contributed by atoms with Crippen molar-refractivity contribution in [3.63, 3.8) is 0 Å². The van der Waals surface area contributed by atoms with Crippen molar-refractivity contribution in [2.75, 3.05) is 27.4 Å².